The molecule has 2 N–H and O–H groups in total. The van der Waals surface area contributed by atoms with Gasteiger partial charge >= 0.3 is 0 Å². The first-order chi connectivity index (χ1) is 14.1. The normalized spacial score (nSPS) is 10.3. The van der Waals surface area contributed by atoms with Crippen LogP contribution in [0.15, 0.2) is 47.8 Å². The van der Waals surface area contributed by atoms with Gasteiger partial charge in [-0.25, -0.2) is 4.98 Å². The molecule has 0 aliphatic carbocycles. The van der Waals surface area contributed by atoms with Crippen molar-refractivity contribution in [3.63, 3.8) is 0 Å². The molecule has 3 aromatic rings. The van der Waals surface area contributed by atoms with E-state index in [1.807, 2.05) is 36.4 Å². The number of nitrogens with zero attached hydrogens (tertiary/aromatic N) is 1. The SMILES string of the molecule is COc1cccc(CCNC(=O)c2csc(Nc3ccc(OC)c(OC)c3)n2)c1. The zero-order valence-electron chi connectivity index (χ0n) is 16.5. The van der Waals surface area contributed by atoms with Crippen LogP contribution in [0.4, 0.5) is 10.8 Å². The molecule has 1 heterocycles. The zero-order valence-corrected chi connectivity index (χ0v) is 17.3. The number of ether oxygens (including phenoxy) is 3. The van der Waals surface area contributed by atoms with Crippen LogP contribution in [0.25, 0.3) is 0 Å². The maximum Gasteiger partial charge on any atom is 0.270 e. The molecular weight excluding hydrogens is 390 g/mol. The Morgan fingerprint density at radius 2 is 1.86 bits per heavy atom. The third-order valence-corrected chi connectivity index (χ3v) is 4.96. The van der Waals surface area contributed by atoms with Gasteiger partial charge in [0.1, 0.15) is 11.4 Å². The fraction of sp³-hybridized carbons (Fsp3) is 0.238. The van der Waals surface area contributed by atoms with E-state index in [1.54, 1.807) is 32.8 Å². The van der Waals surface area contributed by atoms with Crippen molar-refractivity contribution in [3.8, 4) is 17.2 Å². The van der Waals surface area contributed by atoms with Gasteiger partial charge in [0.15, 0.2) is 16.6 Å². The lowest BCUT2D eigenvalue weighted by atomic mass is 10.1. The third kappa shape index (κ3) is 5.39. The molecule has 0 aliphatic rings. The second kappa shape index (κ2) is 9.79. The Labute approximate surface area is 173 Å². The van der Waals surface area contributed by atoms with Crippen molar-refractivity contribution >= 4 is 28.1 Å². The minimum Gasteiger partial charge on any atom is -0.497 e. The summed E-state index contributed by atoms with van der Waals surface area (Å²) < 4.78 is 15.7. The van der Waals surface area contributed by atoms with E-state index in [-0.39, 0.29) is 5.91 Å². The van der Waals surface area contributed by atoms with Crippen molar-refractivity contribution in [2.24, 2.45) is 0 Å². The number of amides is 1. The fourth-order valence-corrected chi connectivity index (χ4v) is 3.42. The van der Waals surface area contributed by atoms with Gasteiger partial charge in [-0.05, 0) is 36.2 Å². The molecule has 0 radical (unpaired) electrons. The van der Waals surface area contributed by atoms with Crippen LogP contribution in [0.3, 0.4) is 0 Å². The Morgan fingerprint density at radius 1 is 1.03 bits per heavy atom. The van der Waals surface area contributed by atoms with E-state index < -0.39 is 0 Å². The largest absolute Gasteiger partial charge is 0.497 e. The van der Waals surface area contributed by atoms with Gasteiger partial charge in [0, 0.05) is 23.7 Å². The summed E-state index contributed by atoms with van der Waals surface area (Å²) in [5.41, 5.74) is 2.27. The molecule has 7 nitrogen and oxygen atoms in total. The van der Waals surface area contributed by atoms with Gasteiger partial charge in [0.25, 0.3) is 5.91 Å². The average Bonchev–Trinajstić information content (AvgIpc) is 3.22. The summed E-state index contributed by atoms with van der Waals surface area (Å²) in [6, 6.07) is 13.3. The van der Waals surface area contributed by atoms with Crippen LogP contribution in [0.2, 0.25) is 0 Å². The number of nitrogens with one attached hydrogen (secondary N) is 2. The molecule has 0 bridgehead atoms. The second-order valence-corrected chi connectivity index (χ2v) is 6.95. The maximum atomic E-state index is 12.4. The van der Waals surface area contributed by atoms with E-state index in [2.05, 4.69) is 15.6 Å². The highest BCUT2D eigenvalue weighted by molar-refractivity contribution is 7.14. The number of rotatable bonds is 9. The topological polar surface area (TPSA) is 81.7 Å². The number of aromatic nitrogens is 1. The van der Waals surface area contributed by atoms with Gasteiger partial charge < -0.3 is 24.8 Å². The summed E-state index contributed by atoms with van der Waals surface area (Å²) in [5.74, 6) is 1.86. The molecule has 29 heavy (non-hydrogen) atoms. The number of anilines is 2. The molecule has 1 amide bonds. The third-order valence-electron chi connectivity index (χ3n) is 4.21. The number of benzene rings is 2. The molecule has 0 unspecified atom stereocenters. The summed E-state index contributed by atoms with van der Waals surface area (Å²) in [7, 11) is 4.81. The lowest BCUT2D eigenvalue weighted by Crippen LogP contribution is -2.26. The Morgan fingerprint density at radius 3 is 2.62 bits per heavy atom. The smallest absolute Gasteiger partial charge is 0.270 e. The molecule has 0 fully saturated rings. The van der Waals surface area contributed by atoms with E-state index >= 15 is 0 Å². The fourth-order valence-electron chi connectivity index (χ4n) is 2.71. The van der Waals surface area contributed by atoms with E-state index in [9.17, 15) is 4.79 Å². The summed E-state index contributed by atoms with van der Waals surface area (Å²) >= 11 is 1.36. The highest BCUT2D eigenvalue weighted by Gasteiger charge is 2.11. The van der Waals surface area contributed by atoms with Gasteiger partial charge in [-0.1, -0.05) is 12.1 Å². The monoisotopic (exact) mass is 413 g/mol. The number of thiazole rings is 1. The minimum atomic E-state index is -0.204. The molecule has 0 spiro atoms. The summed E-state index contributed by atoms with van der Waals surface area (Å²) in [6.07, 6.45) is 0.712. The minimum absolute atomic E-state index is 0.204. The Hall–Kier alpha value is -3.26. The highest BCUT2D eigenvalue weighted by atomic mass is 32.1. The first-order valence-electron chi connectivity index (χ1n) is 8.98. The molecule has 152 valence electrons. The first kappa shape index (κ1) is 20.5. The maximum absolute atomic E-state index is 12.4. The van der Waals surface area contributed by atoms with E-state index in [0.29, 0.717) is 35.3 Å². The predicted octanol–water partition coefficient (Wildman–Crippen LogP) is 3.89. The van der Waals surface area contributed by atoms with E-state index in [0.717, 1.165) is 17.0 Å². The van der Waals surface area contributed by atoms with Crippen LogP contribution in [0.1, 0.15) is 16.1 Å². The lowest BCUT2D eigenvalue weighted by Gasteiger charge is -2.09. The average molecular weight is 413 g/mol. The molecule has 1 aromatic heterocycles. The lowest BCUT2D eigenvalue weighted by molar-refractivity contribution is 0.0950. The molecular formula is C21H23N3O4S. The summed E-state index contributed by atoms with van der Waals surface area (Å²) in [6.45, 7) is 0.516. The second-order valence-electron chi connectivity index (χ2n) is 6.09. The van der Waals surface area contributed by atoms with Crippen LogP contribution in [0, 0.1) is 0 Å². The number of hydrogen-bond acceptors (Lipinski definition) is 7. The van der Waals surface area contributed by atoms with Gasteiger partial charge in [0.05, 0.1) is 21.3 Å². The van der Waals surface area contributed by atoms with Crippen molar-refractivity contribution in [2.75, 3.05) is 33.2 Å². The van der Waals surface area contributed by atoms with Gasteiger partial charge in [-0.3, -0.25) is 4.79 Å². The molecule has 0 aliphatic heterocycles. The summed E-state index contributed by atoms with van der Waals surface area (Å²) in [5, 5.41) is 8.42. The van der Waals surface area contributed by atoms with Crippen LogP contribution in [-0.4, -0.2) is 38.8 Å². The predicted molar refractivity (Wildman–Crippen MR) is 114 cm³/mol. The molecule has 2 aromatic carbocycles. The van der Waals surface area contributed by atoms with Crippen molar-refractivity contribution in [1.29, 1.82) is 0 Å². The first-order valence-corrected chi connectivity index (χ1v) is 9.86. The molecule has 0 saturated carbocycles. The van der Waals surface area contributed by atoms with Crippen LogP contribution in [0.5, 0.6) is 17.2 Å². The Kier molecular flexibility index (Phi) is 6.91. The van der Waals surface area contributed by atoms with Gasteiger partial charge in [0.2, 0.25) is 0 Å². The number of carbonyl (C=O) groups is 1. The highest BCUT2D eigenvalue weighted by Crippen LogP contribution is 2.31. The number of carbonyl (C=O) groups excluding carboxylic acids is 1. The summed E-state index contributed by atoms with van der Waals surface area (Å²) in [4.78, 5) is 16.7. The quantitative estimate of drug-likeness (QED) is 0.554. The van der Waals surface area contributed by atoms with E-state index in [4.69, 9.17) is 14.2 Å². The molecule has 3 rings (SSSR count). The number of hydrogen-bond donors (Lipinski definition) is 2. The van der Waals surface area contributed by atoms with Crippen molar-refractivity contribution in [3.05, 3.63) is 59.1 Å². The standard InChI is InChI=1S/C21H23N3O4S/c1-26-16-6-4-5-14(11-16)9-10-22-20(25)17-13-29-21(24-17)23-15-7-8-18(27-2)19(12-15)28-3/h4-8,11-13H,9-10H2,1-3H3,(H,22,25)(H,23,24). The molecule has 0 saturated heterocycles. The number of methoxy groups -OCH3 is 3. The Balaban J connectivity index is 1.55. The van der Waals surface area contributed by atoms with Crippen molar-refractivity contribution in [1.82, 2.24) is 10.3 Å². The zero-order chi connectivity index (χ0) is 20.6. The molecule has 0 atom stereocenters. The van der Waals surface area contributed by atoms with Crippen molar-refractivity contribution in [2.45, 2.75) is 6.42 Å². The van der Waals surface area contributed by atoms with Crippen LogP contribution >= 0.6 is 11.3 Å². The van der Waals surface area contributed by atoms with Crippen molar-refractivity contribution < 1.29 is 19.0 Å². The van der Waals surface area contributed by atoms with Gasteiger partial charge in [-0.15, -0.1) is 11.3 Å². The van der Waals surface area contributed by atoms with Gasteiger partial charge in [-0.2, -0.15) is 0 Å². The van der Waals surface area contributed by atoms with Crippen LogP contribution < -0.4 is 24.8 Å². The van der Waals surface area contributed by atoms with Crippen LogP contribution in [-0.2, 0) is 6.42 Å². The Bertz CT molecular complexity index is 974. The van der Waals surface area contributed by atoms with E-state index in [1.165, 1.54) is 11.3 Å². The molecule has 8 heteroatoms.